The summed E-state index contributed by atoms with van der Waals surface area (Å²) in [4.78, 5) is 31.3. The van der Waals surface area contributed by atoms with Gasteiger partial charge in [-0.2, -0.15) is 0 Å². The lowest BCUT2D eigenvalue weighted by molar-refractivity contribution is -0.143. The van der Waals surface area contributed by atoms with Gasteiger partial charge in [-0.05, 0) is 56.7 Å². The van der Waals surface area contributed by atoms with Crippen LogP contribution in [0.15, 0.2) is 42.5 Å². The van der Waals surface area contributed by atoms with Crippen LogP contribution >= 0.6 is 0 Å². The van der Waals surface area contributed by atoms with Crippen LogP contribution in [0.25, 0.3) is 11.0 Å². The number of rotatable bonds is 5. The molecule has 2 N–H and O–H groups in total. The Labute approximate surface area is 210 Å². The maximum absolute atomic E-state index is 12.6. The molecule has 0 saturated heterocycles. The second-order valence-corrected chi connectivity index (χ2v) is 10.0. The summed E-state index contributed by atoms with van der Waals surface area (Å²) in [6, 6.07) is 13.7. The maximum Gasteiger partial charge on any atom is 0.414 e. The molecule has 1 saturated carbocycles. The first-order valence-electron chi connectivity index (χ1n) is 12.7. The van der Waals surface area contributed by atoms with Gasteiger partial charge in [-0.3, -0.25) is 9.69 Å². The first-order valence-corrected chi connectivity index (χ1v) is 12.7. The van der Waals surface area contributed by atoms with Gasteiger partial charge in [0.05, 0.1) is 42.3 Å². The number of aliphatic hydroxyl groups excluding tert-OH is 1. The Morgan fingerprint density at radius 1 is 1.14 bits per heavy atom. The number of aliphatic carboxylic acids is 1. The van der Waals surface area contributed by atoms with Gasteiger partial charge in [-0.25, -0.2) is 9.78 Å². The van der Waals surface area contributed by atoms with Crippen LogP contribution in [0.4, 0.5) is 10.5 Å². The summed E-state index contributed by atoms with van der Waals surface area (Å²) in [5.74, 6) is -0.760. The number of nitrogens with zero attached hydrogens (tertiary/aromatic N) is 3. The van der Waals surface area contributed by atoms with Crippen molar-refractivity contribution < 1.29 is 24.5 Å². The second-order valence-electron chi connectivity index (χ2n) is 10.0. The minimum atomic E-state index is -0.757. The highest BCUT2D eigenvalue weighted by molar-refractivity contribution is 5.95. The van der Waals surface area contributed by atoms with Crippen molar-refractivity contribution in [2.75, 3.05) is 18.6 Å². The molecule has 2 aromatic carbocycles. The van der Waals surface area contributed by atoms with Crippen LogP contribution in [0, 0.1) is 5.92 Å². The number of aromatic nitrogens is 2. The molecule has 0 bridgehead atoms. The van der Waals surface area contributed by atoms with Crippen molar-refractivity contribution in [3.63, 3.8) is 0 Å². The number of hydrogen-bond acceptors (Lipinski definition) is 5. The molecule has 190 valence electrons. The van der Waals surface area contributed by atoms with Crippen LogP contribution < -0.4 is 4.90 Å². The van der Waals surface area contributed by atoms with E-state index in [2.05, 4.69) is 4.57 Å². The summed E-state index contributed by atoms with van der Waals surface area (Å²) >= 11 is 0. The van der Waals surface area contributed by atoms with E-state index in [-0.39, 0.29) is 24.6 Å². The molecule has 36 heavy (non-hydrogen) atoms. The Morgan fingerprint density at radius 3 is 2.61 bits per heavy atom. The molecule has 1 fully saturated rings. The molecule has 8 heteroatoms. The molecular weight excluding hydrogens is 458 g/mol. The quantitative estimate of drug-likeness (QED) is 0.527. The van der Waals surface area contributed by atoms with E-state index in [4.69, 9.17) is 9.72 Å². The zero-order chi connectivity index (χ0) is 25.4. The van der Waals surface area contributed by atoms with Crippen molar-refractivity contribution in [2.24, 2.45) is 5.92 Å². The standard InChI is InChI=1S/C28H33N3O5/c1-17-11-12-21-23(30(17)28(35)36-2)13-14-24-25(21)29-26(22(16-32)18-7-4-3-5-8-18)31(24)20-10-6-9-19(15-20)27(33)34/h3-5,7-8,13-14,17,19-20,22,32H,6,9-12,15-16H2,1-2H3,(H,33,34)/t17?,19-,20-,22+/m1/s1. The van der Waals surface area contributed by atoms with Gasteiger partial charge in [-0.1, -0.05) is 36.8 Å². The number of carbonyl (C=O) groups excluding carboxylic acids is 1. The molecule has 4 atom stereocenters. The lowest BCUT2D eigenvalue weighted by atomic mass is 9.85. The number of hydrogen-bond donors (Lipinski definition) is 2. The number of methoxy groups -OCH3 is 1. The maximum atomic E-state index is 12.6. The lowest BCUT2D eigenvalue weighted by Crippen LogP contribution is -2.42. The fourth-order valence-corrected chi connectivity index (χ4v) is 6.07. The zero-order valence-corrected chi connectivity index (χ0v) is 20.8. The van der Waals surface area contributed by atoms with Crippen LogP contribution in [-0.4, -0.2) is 51.6 Å². The van der Waals surface area contributed by atoms with E-state index in [0.717, 1.165) is 59.4 Å². The molecule has 1 aliphatic heterocycles. The van der Waals surface area contributed by atoms with Crippen molar-refractivity contribution in [3.05, 3.63) is 59.4 Å². The Hall–Kier alpha value is -3.39. The van der Waals surface area contributed by atoms with Crippen LogP contribution in [0.1, 0.15) is 67.9 Å². The van der Waals surface area contributed by atoms with Crippen LogP contribution in [0.5, 0.6) is 0 Å². The Balaban J connectivity index is 1.71. The minimum Gasteiger partial charge on any atom is -0.481 e. The Bertz CT molecular complexity index is 1270. The van der Waals surface area contributed by atoms with Gasteiger partial charge in [0.2, 0.25) is 0 Å². The summed E-state index contributed by atoms with van der Waals surface area (Å²) in [6.45, 7) is 1.90. The van der Waals surface area contributed by atoms with Gasteiger partial charge in [0, 0.05) is 17.6 Å². The monoisotopic (exact) mass is 491 g/mol. The number of benzene rings is 2. The van der Waals surface area contributed by atoms with Gasteiger partial charge < -0.3 is 19.5 Å². The average Bonchev–Trinajstić information content (AvgIpc) is 3.28. The third-order valence-corrected chi connectivity index (χ3v) is 7.91. The topological polar surface area (TPSA) is 105 Å². The number of aliphatic hydroxyl groups is 1. The summed E-state index contributed by atoms with van der Waals surface area (Å²) in [7, 11) is 1.39. The van der Waals surface area contributed by atoms with E-state index in [9.17, 15) is 19.8 Å². The van der Waals surface area contributed by atoms with E-state index < -0.39 is 18.0 Å². The SMILES string of the molecule is COC(=O)N1c2ccc3c(nc([C@@H](CO)c4ccccc4)n3[C@@H]3CCC[C@@H](C(=O)O)C3)c2CCC1C. The fraction of sp³-hybridized carbons (Fsp3) is 0.464. The third kappa shape index (κ3) is 4.13. The summed E-state index contributed by atoms with van der Waals surface area (Å²) in [5, 5.41) is 20.3. The number of carboxylic acids is 1. The average molecular weight is 492 g/mol. The molecule has 5 rings (SSSR count). The summed E-state index contributed by atoms with van der Waals surface area (Å²) < 4.78 is 7.25. The van der Waals surface area contributed by atoms with Gasteiger partial charge in [0.25, 0.3) is 0 Å². The summed E-state index contributed by atoms with van der Waals surface area (Å²) in [5.41, 5.74) is 4.49. The number of aryl methyl sites for hydroxylation is 1. The Morgan fingerprint density at radius 2 is 1.92 bits per heavy atom. The Kier molecular flexibility index (Phi) is 6.71. The highest BCUT2D eigenvalue weighted by atomic mass is 16.5. The van der Waals surface area contributed by atoms with Crippen molar-refractivity contribution in [1.29, 1.82) is 0 Å². The van der Waals surface area contributed by atoms with Crippen molar-refractivity contribution in [1.82, 2.24) is 9.55 Å². The highest BCUT2D eigenvalue weighted by Gasteiger charge is 2.35. The first kappa shape index (κ1) is 24.3. The summed E-state index contributed by atoms with van der Waals surface area (Å²) in [6.07, 6.45) is 4.06. The fourth-order valence-electron chi connectivity index (χ4n) is 6.07. The number of ether oxygens (including phenoxy) is 1. The number of anilines is 1. The third-order valence-electron chi connectivity index (χ3n) is 7.91. The first-order chi connectivity index (χ1) is 17.4. The van der Waals surface area contributed by atoms with Gasteiger partial charge in [-0.15, -0.1) is 0 Å². The minimum absolute atomic E-state index is 0.00753. The van der Waals surface area contributed by atoms with E-state index in [1.165, 1.54) is 7.11 Å². The zero-order valence-electron chi connectivity index (χ0n) is 20.8. The highest BCUT2D eigenvalue weighted by Crippen LogP contribution is 2.42. The molecule has 0 spiro atoms. The largest absolute Gasteiger partial charge is 0.481 e. The molecule has 1 unspecified atom stereocenters. The van der Waals surface area contributed by atoms with E-state index in [0.29, 0.717) is 12.8 Å². The van der Waals surface area contributed by atoms with Crippen LogP contribution in [-0.2, 0) is 16.0 Å². The van der Waals surface area contributed by atoms with Crippen molar-refractivity contribution >= 4 is 28.8 Å². The molecule has 1 aromatic heterocycles. The number of amides is 1. The van der Waals surface area contributed by atoms with Crippen molar-refractivity contribution in [3.8, 4) is 0 Å². The molecule has 0 radical (unpaired) electrons. The normalized spacial score (nSPS) is 22.8. The van der Waals surface area contributed by atoms with Crippen molar-refractivity contribution in [2.45, 2.75) is 63.5 Å². The smallest absolute Gasteiger partial charge is 0.414 e. The molecule has 2 heterocycles. The van der Waals surface area contributed by atoms with Gasteiger partial charge in [0.15, 0.2) is 0 Å². The van der Waals surface area contributed by atoms with Crippen LogP contribution in [0.2, 0.25) is 0 Å². The molecular formula is C28H33N3O5. The van der Waals surface area contributed by atoms with Crippen LogP contribution in [0.3, 0.4) is 0 Å². The predicted molar refractivity (Wildman–Crippen MR) is 136 cm³/mol. The molecule has 1 amide bonds. The lowest BCUT2D eigenvalue weighted by Gasteiger charge is -2.34. The van der Waals surface area contributed by atoms with Gasteiger partial charge in [0.1, 0.15) is 5.82 Å². The van der Waals surface area contributed by atoms with E-state index in [1.54, 1.807) is 4.90 Å². The molecule has 2 aliphatic rings. The van der Waals surface area contributed by atoms with E-state index in [1.807, 2.05) is 49.4 Å². The predicted octanol–water partition coefficient (Wildman–Crippen LogP) is 4.88. The number of fused-ring (bicyclic) bond motifs is 3. The second kappa shape index (κ2) is 9.93. The van der Waals surface area contributed by atoms with Gasteiger partial charge >= 0.3 is 12.1 Å². The number of imidazole rings is 1. The molecule has 8 nitrogen and oxygen atoms in total. The van der Waals surface area contributed by atoms with E-state index >= 15 is 0 Å². The molecule has 3 aromatic rings. The molecule has 1 aliphatic carbocycles. The number of carboxylic acid groups (broad SMARTS) is 1. The number of carbonyl (C=O) groups is 2.